The SMILES string of the molecule is CCCN(CCC)C(=O)Cc1cc(CC(N)=O)cc(CC(=O)N[C@@H](Cc2ccsc2)[C@H](O)CNCc2cccc(OC)c2)c1. The van der Waals surface area contributed by atoms with Crippen LogP contribution in [0.25, 0.3) is 0 Å². The summed E-state index contributed by atoms with van der Waals surface area (Å²) in [5, 5.41) is 21.4. The predicted molar refractivity (Wildman–Crippen MR) is 175 cm³/mol. The minimum atomic E-state index is -0.845. The minimum absolute atomic E-state index is 0.0146. The van der Waals surface area contributed by atoms with Crippen molar-refractivity contribution in [2.75, 3.05) is 26.7 Å². The number of rotatable bonds is 19. The molecule has 1 heterocycles. The number of methoxy groups -OCH3 is 1. The summed E-state index contributed by atoms with van der Waals surface area (Å²) in [7, 11) is 1.62. The van der Waals surface area contributed by atoms with Gasteiger partial charge in [-0.15, -0.1) is 0 Å². The Balaban J connectivity index is 1.71. The lowest BCUT2D eigenvalue weighted by atomic mass is 9.98. The van der Waals surface area contributed by atoms with Gasteiger partial charge in [-0.1, -0.05) is 44.2 Å². The van der Waals surface area contributed by atoms with Gasteiger partial charge in [0.05, 0.1) is 38.5 Å². The number of benzene rings is 2. The molecule has 9 nitrogen and oxygen atoms in total. The van der Waals surface area contributed by atoms with E-state index in [9.17, 15) is 19.5 Å². The van der Waals surface area contributed by atoms with E-state index in [1.165, 1.54) is 0 Å². The van der Waals surface area contributed by atoms with Gasteiger partial charge in [-0.25, -0.2) is 0 Å². The summed E-state index contributed by atoms with van der Waals surface area (Å²) in [6, 6.07) is 14.6. The molecule has 0 bridgehead atoms. The van der Waals surface area contributed by atoms with Gasteiger partial charge in [-0.05, 0) is 76.0 Å². The third kappa shape index (κ3) is 11.7. The topological polar surface area (TPSA) is 134 Å². The second-order valence-corrected chi connectivity index (χ2v) is 11.9. The normalized spacial score (nSPS) is 12.4. The maximum atomic E-state index is 13.3. The molecule has 0 saturated heterocycles. The second kappa shape index (κ2) is 18.2. The number of ether oxygens (including phenoxy) is 1. The van der Waals surface area contributed by atoms with Gasteiger partial charge in [-0.3, -0.25) is 14.4 Å². The van der Waals surface area contributed by atoms with E-state index in [1.807, 2.05) is 72.0 Å². The van der Waals surface area contributed by atoms with E-state index < -0.39 is 18.1 Å². The highest BCUT2D eigenvalue weighted by Crippen LogP contribution is 2.16. The zero-order chi connectivity index (χ0) is 31.9. The maximum Gasteiger partial charge on any atom is 0.226 e. The summed E-state index contributed by atoms with van der Waals surface area (Å²) in [5.74, 6) is 0.0341. The van der Waals surface area contributed by atoms with E-state index in [0.717, 1.165) is 35.3 Å². The lowest BCUT2D eigenvalue weighted by molar-refractivity contribution is -0.130. The van der Waals surface area contributed by atoms with Crippen LogP contribution in [-0.4, -0.2) is 66.6 Å². The average Bonchev–Trinajstić information content (AvgIpc) is 3.49. The first kappa shape index (κ1) is 34.8. The maximum absolute atomic E-state index is 13.3. The molecule has 0 aliphatic rings. The second-order valence-electron chi connectivity index (χ2n) is 11.1. The van der Waals surface area contributed by atoms with Crippen LogP contribution in [0, 0.1) is 0 Å². The van der Waals surface area contributed by atoms with Gasteiger partial charge in [-0.2, -0.15) is 11.3 Å². The number of nitrogens with one attached hydrogen (secondary N) is 2. The minimum Gasteiger partial charge on any atom is -0.497 e. The van der Waals surface area contributed by atoms with E-state index >= 15 is 0 Å². The van der Waals surface area contributed by atoms with Gasteiger partial charge < -0.3 is 31.1 Å². The fourth-order valence-corrected chi connectivity index (χ4v) is 5.89. The number of hydrogen-bond donors (Lipinski definition) is 4. The molecule has 2 atom stereocenters. The fraction of sp³-hybridized carbons (Fsp3) is 0.441. The first-order valence-corrected chi connectivity index (χ1v) is 16.1. The Labute approximate surface area is 264 Å². The number of carbonyl (C=O) groups is 3. The highest BCUT2D eigenvalue weighted by Gasteiger charge is 2.23. The van der Waals surface area contributed by atoms with Crippen molar-refractivity contribution >= 4 is 29.1 Å². The van der Waals surface area contributed by atoms with E-state index in [0.29, 0.717) is 37.2 Å². The van der Waals surface area contributed by atoms with E-state index in [2.05, 4.69) is 10.6 Å². The molecule has 0 saturated carbocycles. The molecular weight excluding hydrogens is 576 g/mol. The van der Waals surface area contributed by atoms with Crippen LogP contribution < -0.4 is 21.1 Å². The van der Waals surface area contributed by atoms with E-state index in [1.54, 1.807) is 24.5 Å². The van der Waals surface area contributed by atoms with Gasteiger partial charge >= 0.3 is 0 Å². The molecule has 238 valence electrons. The first-order chi connectivity index (χ1) is 21.2. The third-order valence-corrected chi connectivity index (χ3v) is 7.95. The molecular formula is C34H46N4O5S. The van der Waals surface area contributed by atoms with Crippen molar-refractivity contribution in [1.29, 1.82) is 0 Å². The van der Waals surface area contributed by atoms with Crippen LogP contribution in [0.15, 0.2) is 59.3 Å². The molecule has 3 amide bonds. The number of nitrogens with two attached hydrogens (primary N) is 1. The highest BCUT2D eigenvalue weighted by molar-refractivity contribution is 7.07. The lowest BCUT2D eigenvalue weighted by Gasteiger charge is -2.25. The van der Waals surface area contributed by atoms with Crippen molar-refractivity contribution < 1.29 is 24.2 Å². The molecule has 0 spiro atoms. The lowest BCUT2D eigenvalue weighted by Crippen LogP contribution is -2.49. The zero-order valence-electron chi connectivity index (χ0n) is 26.0. The molecule has 3 rings (SSSR count). The summed E-state index contributed by atoms with van der Waals surface area (Å²) in [5.41, 5.74) is 9.62. The van der Waals surface area contributed by atoms with Crippen LogP contribution in [0.1, 0.15) is 54.5 Å². The molecule has 0 fully saturated rings. The van der Waals surface area contributed by atoms with Crippen molar-refractivity contribution in [3.63, 3.8) is 0 Å². The Bertz CT molecular complexity index is 1340. The number of aliphatic hydroxyl groups is 1. The van der Waals surface area contributed by atoms with Crippen molar-refractivity contribution in [2.45, 2.75) is 71.1 Å². The fourth-order valence-electron chi connectivity index (χ4n) is 5.21. The number of carbonyl (C=O) groups excluding carboxylic acids is 3. The van der Waals surface area contributed by atoms with Crippen LogP contribution in [0.5, 0.6) is 5.75 Å². The van der Waals surface area contributed by atoms with Crippen molar-refractivity contribution in [3.05, 3.63) is 87.1 Å². The summed E-state index contributed by atoms with van der Waals surface area (Å²) < 4.78 is 5.29. The predicted octanol–water partition coefficient (Wildman–Crippen LogP) is 3.40. The summed E-state index contributed by atoms with van der Waals surface area (Å²) in [6.07, 6.45) is 1.60. The molecule has 0 unspecified atom stereocenters. The largest absolute Gasteiger partial charge is 0.497 e. The van der Waals surface area contributed by atoms with Crippen molar-refractivity contribution in [3.8, 4) is 5.75 Å². The van der Waals surface area contributed by atoms with Crippen LogP contribution >= 0.6 is 11.3 Å². The number of primary amides is 1. The summed E-state index contributed by atoms with van der Waals surface area (Å²) in [6.45, 7) is 6.27. The highest BCUT2D eigenvalue weighted by atomic mass is 32.1. The quantitative estimate of drug-likeness (QED) is 0.162. The van der Waals surface area contributed by atoms with Crippen LogP contribution in [0.2, 0.25) is 0 Å². The Morgan fingerprint density at radius 3 is 2.23 bits per heavy atom. The third-order valence-electron chi connectivity index (χ3n) is 7.21. The summed E-state index contributed by atoms with van der Waals surface area (Å²) >= 11 is 1.56. The average molecular weight is 623 g/mol. The first-order valence-electron chi connectivity index (χ1n) is 15.2. The number of thiophene rings is 1. The monoisotopic (exact) mass is 622 g/mol. The number of aliphatic hydroxyl groups excluding tert-OH is 1. The molecule has 10 heteroatoms. The molecule has 0 aliphatic carbocycles. The smallest absolute Gasteiger partial charge is 0.226 e. The van der Waals surface area contributed by atoms with Crippen LogP contribution in [-0.2, 0) is 46.6 Å². The van der Waals surface area contributed by atoms with E-state index in [4.69, 9.17) is 10.5 Å². The number of nitrogens with zero attached hydrogens (tertiary/aromatic N) is 1. The van der Waals surface area contributed by atoms with Gasteiger partial charge in [0.2, 0.25) is 17.7 Å². The number of hydrogen-bond acceptors (Lipinski definition) is 7. The van der Waals surface area contributed by atoms with Gasteiger partial charge in [0, 0.05) is 26.2 Å². The Hall–Kier alpha value is -3.73. The van der Waals surface area contributed by atoms with Gasteiger partial charge in [0.1, 0.15) is 5.75 Å². The van der Waals surface area contributed by atoms with Crippen molar-refractivity contribution in [1.82, 2.24) is 15.5 Å². The van der Waals surface area contributed by atoms with Crippen LogP contribution in [0.3, 0.4) is 0 Å². The Morgan fingerprint density at radius 1 is 0.932 bits per heavy atom. The molecule has 1 aromatic heterocycles. The molecule has 3 aromatic rings. The molecule has 5 N–H and O–H groups in total. The van der Waals surface area contributed by atoms with Gasteiger partial charge in [0.25, 0.3) is 0 Å². The standard InChI is InChI=1S/C34H46N4O5S/c1-4-10-38(11-5-2)34(42)20-28-14-26(18-32(35)40)13-27(15-28)19-33(41)37-30(17-25-9-12-44-23-25)31(39)22-36-21-24-7-6-8-29(16-24)43-3/h6-9,12-16,23,30-31,36,39H,4-5,10-11,17-22H2,1-3H3,(H2,35,40)(H,37,41)/t30-,31+/m0/s1. The Morgan fingerprint density at radius 2 is 1.61 bits per heavy atom. The van der Waals surface area contributed by atoms with Crippen molar-refractivity contribution in [2.24, 2.45) is 5.73 Å². The van der Waals surface area contributed by atoms with Gasteiger partial charge in [0.15, 0.2) is 0 Å². The molecule has 2 aromatic carbocycles. The molecule has 0 aliphatic heterocycles. The summed E-state index contributed by atoms with van der Waals surface area (Å²) in [4.78, 5) is 40.0. The van der Waals surface area contributed by atoms with Crippen LogP contribution in [0.4, 0.5) is 0 Å². The number of amides is 3. The Kier molecular flexibility index (Phi) is 14.3. The molecule has 44 heavy (non-hydrogen) atoms. The molecule has 0 radical (unpaired) electrons. The zero-order valence-corrected chi connectivity index (χ0v) is 26.8. The van der Waals surface area contributed by atoms with E-state index in [-0.39, 0.29) is 37.6 Å².